The van der Waals surface area contributed by atoms with Crippen LogP contribution >= 0.6 is 11.6 Å². The Morgan fingerprint density at radius 3 is 2.14 bits per heavy atom. The average molecular weight is 501 g/mol. The highest BCUT2D eigenvalue weighted by molar-refractivity contribution is 6.30. The van der Waals surface area contributed by atoms with Crippen LogP contribution in [-0.4, -0.2) is 49.9 Å². The summed E-state index contributed by atoms with van der Waals surface area (Å²) < 4.78 is 45.2. The maximum absolute atomic E-state index is 14.1. The summed E-state index contributed by atoms with van der Waals surface area (Å²) in [5.74, 6) is -0.254. The van der Waals surface area contributed by atoms with Crippen molar-refractivity contribution in [3.05, 3.63) is 89.0 Å². The zero-order valence-electron chi connectivity index (χ0n) is 18.7. The minimum absolute atomic E-state index is 0.327. The van der Waals surface area contributed by atoms with Crippen molar-refractivity contribution in [2.45, 2.75) is 12.1 Å². The number of halogens is 3. The van der Waals surface area contributed by atoms with Crippen LogP contribution in [-0.2, 0) is 9.47 Å². The van der Waals surface area contributed by atoms with Crippen LogP contribution in [0.1, 0.15) is 11.6 Å². The van der Waals surface area contributed by atoms with Crippen molar-refractivity contribution in [1.82, 2.24) is 4.90 Å². The maximum atomic E-state index is 14.1. The first kappa shape index (κ1) is 23.5. The second-order valence-electron chi connectivity index (χ2n) is 8.40. The van der Waals surface area contributed by atoms with E-state index in [4.69, 9.17) is 25.8 Å². The van der Waals surface area contributed by atoms with Gasteiger partial charge < -0.3 is 14.2 Å². The zero-order chi connectivity index (χ0) is 24.4. The quantitative estimate of drug-likeness (QED) is 0.427. The van der Waals surface area contributed by atoms with E-state index in [0.717, 1.165) is 6.07 Å². The van der Waals surface area contributed by atoms with E-state index in [9.17, 15) is 13.6 Å². The Kier molecular flexibility index (Phi) is 6.86. The lowest BCUT2D eigenvalue weighted by atomic mass is 9.99. The Morgan fingerprint density at radius 1 is 0.914 bits per heavy atom. The largest absolute Gasteiger partial charge is 0.457 e. The van der Waals surface area contributed by atoms with Crippen LogP contribution in [0.2, 0.25) is 5.02 Å². The van der Waals surface area contributed by atoms with Gasteiger partial charge in [-0.1, -0.05) is 11.6 Å². The van der Waals surface area contributed by atoms with Gasteiger partial charge in [0.2, 0.25) is 0 Å². The van der Waals surface area contributed by atoms with E-state index in [-0.39, 0.29) is 0 Å². The van der Waals surface area contributed by atoms with E-state index in [0.29, 0.717) is 60.6 Å². The number of benzene rings is 3. The fourth-order valence-electron chi connectivity index (χ4n) is 4.40. The number of ether oxygens (including phenoxy) is 3. The number of anilines is 1. The molecule has 0 N–H and O–H groups in total. The molecule has 2 fully saturated rings. The molecule has 1 amide bonds. The van der Waals surface area contributed by atoms with Crippen LogP contribution in [0.5, 0.6) is 11.5 Å². The van der Waals surface area contributed by atoms with Crippen molar-refractivity contribution in [3.8, 4) is 11.5 Å². The van der Waals surface area contributed by atoms with Crippen molar-refractivity contribution in [1.29, 1.82) is 0 Å². The molecule has 35 heavy (non-hydrogen) atoms. The number of amides is 1. The van der Waals surface area contributed by atoms with Crippen molar-refractivity contribution < 1.29 is 27.8 Å². The molecule has 0 saturated carbocycles. The lowest BCUT2D eigenvalue weighted by molar-refractivity contribution is 0.0147. The molecule has 0 bridgehead atoms. The first-order valence-corrected chi connectivity index (χ1v) is 11.6. The SMILES string of the molecule is O=C1O[C@@H](CN2CCOCC2)[C@H](c2cc(F)cc(F)c2)N1c1ccc(Oc2ccc(Cl)cc2)cc1. The molecule has 2 saturated heterocycles. The monoisotopic (exact) mass is 500 g/mol. The number of cyclic esters (lactones) is 1. The van der Waals surface area contributed by atoms with Gasteiger partial charge in [-0.15, -0.1) is 0 Å². The van der Waals surface area contributed by atoms with Crippen molar-refractivity contribution in [2.75, 3.05) is 37.7 Å². The molecule has 0 radical (unpaired) electrons. The molecular formula is C26H23ClF2N2O4. The Morgan fingerprint density at radius 2 is 1.51 bits per heavy atom. The molecule has 2 heterocycles. The average Bonchev–Trinajstić information content (AvgIpc) is 3.16. The van der Waals surface area contributed by atoms with E-state index in [1.165, 1.54) is 17.0 Å². The van der Waals surface area contributed by atoms with Gasteiger partial charge in [0.15, 0.2) is 0 Å². The standard InChI is InChI=1S/C26H23ClF2N2O4/c27-18-1-5-22(6-2-18)34-23-7-3-21(4-8-23)31-25(17-13-19(28)15-20(29)14-17)24(35-26(31)32)16-30-9-11-33-12-10-30/h1-8,13-15,24-25H,9-12,16H2/t24-,25-/m0/s1. The third-order valence-electron chi connectivity index (χ3n) is 6.01. The molecule has 0 aliphatic carbocycles. The Bertz CT molecular complexity index is 1170. The van der Waals surface area contributed by atoms with Crippen LogP contribution in [0.4, 0.5) is 19.3 Å². The van der Waals surface area contributed by atoms with Crippen molar-refractivity contribution >= 4 is 23.4 Å². The smallest absolute Gasteiger partial charge is 0.415 e. The summed E-state index contributed by atoms with van der Waals surface area (Å²) >= 11 is 5.92. The molecule has 2 aliphatic heterocycles. The van der Waals surface area contributed by atoms with E-state index in [1.807, 2.05) is 0 Å². The zero-order valence-corrected chi connectivity index (χ0v) is 19.5. The highest BCUT2D eigenvalue weighted by atomic mass is 35.5. The molecule has 3 aromatic carbocycles. The summed E-state index contributed by atoms with van der Waals surface area (Å²) in [6, 6.07) is 16.4. The minimum atomic E-state index is -0.712. The van der Waals surface area contributed by atoms with Gasteiger partial charge in [0.25, 0.3) is 0 Å². The van der Waals surface area contributed by atoms with E-state index in [2.05, 4.69) is 4.90 Å². The lowest BCUT2D eigenvalue weighted by Gasteiger charge is -2.31. The van der Waals surface area contributed by atoms with Crippen LogP contribution in [0.3, 0.4) is 0 Å². The van der Waals surface area contributed by atoms with Crippen LogP contribution in [0.15, 0.2) is 66.7 Å². The molecule has 2 atom stereocenters. The topological polar surface area (TPSA) is 51.2 Å². The van der Waals surface area contributed by atoms with Crippen LogP contribution < -0.4 is 9.64 Å². The molecule has 0 unspecified atom stereocenters. The fourth-order valence-corrected chi connectivity index (χ4v) is 4.52. The van der Waals surface area contributed by atoms with Crippen molar-refractivity contribution in [2.24, 2.45) is 0 Å². The number of nitrogens with zero attached hydrogens (tertiary/aromatic N) is 2. The summed E-state index contributed by atoms with van der Waals surface area (Å²) in [6.07, 6.45) is -1.20. The summed E-state index contributed by atoms with van der Waals surface area (Å²) in [5, 5.41) is 0.603. The predicted molar refractivity (Wildman–Crippen MR) is 127 cm³/mol. The molecular weight excluding hydrogens is 478 g/mol. The second-order valence-corrected chi connectivity index (χ2v) is 8.84. The fraction of sp³-hybridized carbons (Fsp3) is 0.269. The van der Waals surface area contributed by atoms with E-state index in [1.54, 1.807) is 48.5 Å². The van der Waals surface area contributed by atoms with Gasteiger partial charge in [-0.3, -0.25) is 9.80 Å². The Hall–Kier alpha value is -3.20. The molecule has 9 heteroatoms. The van der Waals surface area contributed by atoms with Gasteiger partial charge in [-0.25, -0.2) is 13.6 Å². The molecule has 6 nitrogen and oxygen atoms in total. The minimum Gasteiger partial charge on any atom is -0.457 e. The number of morpholine rings is 1. The summed E-state index contributed by atoms with van der Waals surface area (Å²) in [5.41, 5.74) is 0.853. The number of hydrogen-bond donors (Lipinski definition) is 0. The van der Waals surface area contributed by atoms with Gasteiger partial charge >= 0.3 is 6.09 Å². The highest BCUT2D eigenvalue weighted by Gasteiger charge is 2.44. The van der Waals surface area contributed by atoms with Crippen molar-refractivity contribution in [3.63, 3.8) is 0 Å². The van der Waals surface area contributed by atoms with Crippen LogP contribution in [0, 0.1) is 11.6 Å². The first-order chi connectivity index (χ1) is 17.0. The number of carbonyl (C=O) groups is 1. The number of hydrogen-bond acceptors (Lipinski definition) is 5. The summed E-state index contributed by atoms with van der Waals surface area (Å²) in [6.45, 7) is 2.97. The van der Waals surface area contributed by atoms with Gasteiger partial charge in [0.05, 0.1) is 13.2 Å². The predicted octanol–water partition coefficient (Wildman–Crippen LogP) is 5.81. The van der Waals surface area contributed by atoms with Crippen LogP contribution in [0.25, 0.3) is 0 Å². The molecule has 0 spiro atoms. The highest BCUT2D eigenvalue weighted by Crippen LogP contribution is 2.39. The third-order valence-corrected chi connectivity index (χ3v) is 6.26. The lowest BCUT2D eigenvalue weighted by Crippen LogP contribution is -2.43. The molecule has 3 aromatic rings. The number of rotatable bonds is 6. The van der Waals surface area contributed by atoms with Gasteiger partial charge in [-0.2, -0.15) is 0 Å². The molecule has 2 aliphatic rings. The van der Waals surface area contributed by atoms with E-state index >= 15 is 0 Å². The van der Waals surface area contributed by atoms with E-state index < -0.39 is 29.9 Å². The second kappa shape index (κ2) is 10.2. The first-order valence-electron chi connectivity index (χ1n) is 11.3. The maximum Gasteiger partial charge on any atom is 0.415 e. The Balaban J connectivity index is 1.43. The van der Waals surface area contributed by atoms with Gasteiger partial charge in [-0.05, 0) is 66.2 Å². The molecule has 182 valence electrons. The normalized spacial score (nSPS) is 20.7. The molecule has 5 rings (SSSR count). The van der Waals surface area contributed by atoms with Gasteiger partial charge in [0, 0.05) is 36.4 Å². The molecule has 0 aromatic heterocycles. The Labute approximate surface area is 206 Å². The summed E-state index contributed by atoms with van der Waals surface area (Å²) in [7, 11) is 0. The number of carbonyl (C=O) groups excluding carboxylic acids is 1. The third kappa shape index (κ3) is 5.40. The summed E-state index contributed by atoms with van der Waals surface area (Å²) in [4.78, 5) is 16.6. The van der Waals surface area contributed by atoms with Gasteiger partial charge in [0.1, 0.15) is 35.3 Å².